The molecule has 94 valence electrons. The summed E-state index contributed by atoms with van der Waals surface area (Å²) < 4.78 is 7.14. The third-order valence-corrected chi connectivity index (χ3v) is 2.50. The topological polar surface area (TPSA) is 76.9 Å². The van der Waals surface area contributed by atoms with Gasteiger partial charge in [0.25, 0.3) is 0 Å². The molecule has 0 spiro atoms. The zero-order chi connectivity index (χ0) is 13.0. The second kappa shape index (κ2) is 5.35. The predicted molar refractivity (Wildman–Crippen MR) is 70.0 cm³/mol. The van der Waals surface area contributed by atoms with E-state index in [0.717, 1.165) is 16.9 Å². The van der Waals surface area contributed by atoms with Crippen molar-refractivity contribution >= 4 is 5.84 Å². The van der Waals surface area contributed by atoms with E-state index >= 15 is 0 Å². The molecule has 18 heavy (non-hydrogen) atoms. The van der Waals surface area contributed by atoms with E-state index in [1.807, 2.05) is 37.4 Å². The number of hydrogen-bond donors (Lipinski definition) is 2. The molecule has 0 fully saturated rings. The number of nitrogens with zero attached hydrogens (tertiary/aromatic N) is 2. The molecule has 2 rings (SSSR count). The van der Waals surface area contributed by atoms with Crippen LogP contribution in [0.5, 0.6) is 5.75 Å². The highest BCUT2D eigenvalue weighted by Crippen LogP contribution is 2.11. The van der Waals surface area contributed by atoms with Crippen molar-refractivity contribution < 1.29 is 4.74 Å². The molecule has 0 saturated heterocycles. The number of aromatic nitrogens is 2. The summed E-state index contributed by atoms with van der Waals surface area (Å²) in [6.45, 7) is 3.20. The maximum Gasteiger partial charge on any atom is 0.157 e. The number of amidine groups is 1. The van der Waals surface area contributed by atoms with Crippen LogP contribution in [-0.2, 0) is 6.54 Å². The van der Waals surface area contributed by atoms with Crippen LogP contribution in [0, 0.1) is 5.41 Å². The number of ether oxygens (including phenoxy) is 1. The number of nitrogen functional groups attached to an aromatic ring is 1. The number of hydrogen-bond acceptors (Lipinski definition) is 3. The molecule has 0 radical (unpaired) electrons. The fourth-order valence-electron chi connectivity index (χ4n) is 1.70. The Morgan fingerprint density at radius 2 is 2.33 bits per heavy atom. The minimum Gasteiger partial charge on any atom is -0.491 e. The lowest BCUT2D eigenvalue weighted by Gasteiger charge is -2.04. The summed E-state index contributed by atoms with van der Waals surface area (Å²) in [5, 5.41) is 11.6. The van der Waals surface area contributed by atoms with Gasteiger partial charge in [-0.3, -0.25) is 10.1 Å². The lowest BCUT2D eigenvalue weighted by Crippen LogP contribution is -2.11. The van der Waals surface area contributed by atoms with Crippen LogP contribution in [0.3, 0.4) is 0 Å². The minimum absolute atomic E-state index is 0.0762. The van der Waals surface area contributed by atoms with E-state index in [1.165, 1.54) is 0 Å². The summed E-state index contributed by atoms with van der Waals surface area (Å²) in [4.78, 5) is 0. The molecule has 0 aliphatic rings. The molecule has 0 unspecified atom stereocenters. The van der Waals surface area contributed by atoms with E-state index in [9.17, 15) is 0 Å². The van der Waals surface area contributed by atoms with Gasteiger partial charge in [0, 0.05) is 5.56 Å². The van der Waals surface area contributed by atoms with Crippen LogP contribution < -0.4 is 10.5 Å². The molecular formula is C13H16N4O. The summed E-state index contributed by atoms with van der Waals surface area (Å²) in [6, 6.07) is 7.58. The molecule has 2 aromatic rings. The van der Waals surface area contributed by atoms with Gasteiger partial charge in [-0.25, -0.2) is 0 Å². The smallest absolute Gasteiger partial charge is 0.157 e. The van der Waals surface area contributed by atoms with Crippen molar-refractivity contribution in [2.75, 3.05) is 6.61 Å². The first-order valence-corrected chi connectivity index (χ1v) is 5.77. The van der Waals surface area contributed by atoms with Crippen LogP contribution in [0.1, 0.15) is 18.1 Å². The Morgan fingerprint density at radius 3 is 3.06 bits per heavy atom. The van der Waals surface area contributed by atoms with E-state index < -0.39 is 0 Å². The zero-order valence-corrected chi connectivity index (χ0v) is 10.3. The molecule has 0 amide bonds. The Kier molecular flexibility index (Phi) is 3.62. The molecule has 1 aromatic heterocycles. The molecule has 0 aliphatic heterocycles. The van der Waals surface area contributed by atoms with Gasteiger partial charge in [0.1, 0.15) is 5.84 Å². The lowest BCUT2D eigenvalue weighted by molar-refractivity contribution is 0.340. The average Bonchev–Trinajstić information content (AvgIpc) is 2.77. The van der Waals surface area contributed by atoms with Crippen molar-refractivity contribution in [2.24, 2.45) is 5.73 Å². The Hall–Kier alpha value is -2.30. The van der Waals surface area contributed by atoms with Gasteiger partial charge in [0.2, 0.25) is 0 Å². The normalized spacial score (nSPS) is 10.3. The highest BCUT2D eigenvalue weighted by atomic mass is 16.5. The zero-order valence-electron chi connectivity index (χ0n) is 10.3. The highest BCUT2D eigenvalue weighted by molar-refractivity contribution is 5.95. The van der Waals surface area contributed by atoms with E-state index in [-0.39, 0.29) is 5.84 Å². The van der Waals surface area contributed by atoms with Crippen LogP contribution in [0.25, 0.3) is 0 Å². The maximum atomic E-state index is 7.41. The van der Waals surface area contributed by atoms with Crippen LogP contribution in [-0.4, -0.2) is 22.2 Å². The van der Waals surface area contributed by atoms with Crippen LogP contribution >= 0.6 is 0 Å². The summed E-state index contributed by atoms with van der Waals surface area (Å²) in [5.74, 6) is 0.840. The lowest BCUT2D eigenvalue weighted by atomic mass is 10.1. The molecular weight excluding hydrogens is 228 g/mol. The largest absolute Gasteiger partial charge is 0.491 e. The molecule has 1 heterocycles. The minimum atomic E-state index is 0.0762. The second-order valence-electron chi connectivity index (χ2n) is 3.92. The van der Waals surface area contributed by atoms with Crippen molar-refractivity contribution in [3.05, 3.63) is 47.8 Å². The van der Waals surface area contributed by atoms with Gasteiger partial charge in [0.05, 0.1) is 25.5 Å². The quantitative estimate of drug-likeness (QED) is 0.619. The Labute approximate surface area is 106 Å². The third kappa shape index (κ3) is 2.88. The fraction of sp³-hybridized carbons (Fsp3) is 0.231. The van der Waals surface area contributed by atoms with Crippen molar-refractivity contribution in [2.45, 2.75) is 13.5 Å². The molecule has 0 bridgehead atoms. The molecule has 5 nitrogen and oxygen atoms in total. The molecule has 5 heteroatoms. The first-order valence-electron chi connectivity index (χ1n) is 5.77. The Morgan fingerprint density at radius 1 is 1.50 bits per heavy atom. The summed E-state index contributed by atoms with van der Waals surface area (Å²) in [5.41, 5.74) is 7.24. The molecule has 1 aromatic carbocycles. The molecule has 0 aliphatic carbocycles. The second-order valence-corrected chi connectivity index (χ2v) is 3.92. The van der Waals surface area contributed by atoms with Crippen LogP contribution in [0.15, 0.2) is 36.7 Å². The van der Waals surface area contributed by atoms with Gasteiger partial charge in [-0.05, 0) is 18.6 Å². The summed E-state index contributed by atoms with van der Waals surface area (Å²) in [6.07, 6.45) is 3.54. The van der Waals surface area contributed by atoms with Gasteiger partial charge in [-0.1, -0.05) is 18.2 Å². The number of nitrogens with one attached hydrogen (secondary N) is 1. The maximum absolute atomic E-state index is 7.41. The van der Waals surface area contributed by atoms with Gasteiger partial charge >= 0.3 is 0 Å². The van der Waals surface area contributed by atoms with Crippen molar-refractivity contribution in [1.29, 1.82) is 5.41 Å². The van der Waals surface area contributed by atoms with Gasteiger partial charge in [-0.2, -0.15) is 5.10 Å². The summed E-state index contributed by atoms with van der Waals surface area (Å²) >= 11 is 0. The number of rotatable bonds is 5. The van der Waals surface area contributed by atoms with Crippen LogP contribution in [0.2, 0.25) is 0 Å². The number of benzene rings is 1. The SMILES string of the molecule is CCOc1cnn(Cc2cccc(C(=N)N)c2)c1. The predicted octanol–water partition coefficient (Wildman–Crippen LogP) is 1.61. The average molecular weight is 244 g/mol. The van der Waals surface area contributed by atoms with E-state index in [2.05, 4.69) is 5.10 Å². The molecule has 0 atom stereocenters. The van der Waals surface area contributed by atoms with Crippen molar-refractivity contribution in [1.82, 2.24) is 9.78 Å². The van der Waals surface area contributed by atoms with E-state index in [1.54, 1.807) is 10.9 Å². The Bertz CT molecular complexity index is 547. The van der Waals surface area contributed by atoms with E-state index in [4.69, 9.17) is 15.9 Å². The first kappa shape index (κ1) is 12.2. The van der Waals surface area contributed by atoms with Crippen LogP contribution in [0.4, 0.5) is 0 Å². The van der Waals surface area contributed by atoms with Gasteiger partial charge in [-0.15, -0.1) is 0 Å². The first-order chi connectivity index (χ1) is 8.69. The van der Waals surface area contributed by atoms with Gasteiger partial charge in [0.15, 0.2) is 5.75 Å². The monoisotopic (exact) mass is 244 g/mol. The van der Waals surface area contributed by atoms with Gasteiger partial charge < -0.3 is 10.5 Å². The molecule has 0 saturated carbocycles. The van der Waals surface area contributed by atoms with Crippen molar-refractivity contribution in [3.63, 3.8) is 0 Å². The van der Waals surface area contributed by atoms with Crippen molar-refractivity contribution in [3.8, 4) is 5.75 Å². The fourth-order valence-corrected chi connectivity index (χ4v) is 1.70. The molecule has 3 N–H and O–H groups in total. The number of nitrogens with two attached hydrogens (primary N) is 1. The third-order valence-electron chi connectivity index (χ3n) is 2.50. The summed E-state index contributed by atoms with van der Waals surface area (Å²) in [7, 11) is 0. The highest BCUT2D eigenvalue weighted by Gasteiger charge is 2.02. The van der Waals surface area contributed by atoms with E-state index in [0.29, 0.717) is 13.2 Å². The Balaban J connectivity index is 2.12. The standard InChI is InChI=1S/C13H16N4O/c1-2-18-12-7-16-17(9-12)8-10-4-3-5-11(6-10)13(14)15/h3-7,9H,2,8H2,1H3,(H3,14,15).